The van der Waals surface area contributed by atoms with Crippen LogP contribution in [0.5, 0.6) is 0 Å². The molecule has 0 aliphatic heterocycles. The average molecular weight is 438 g/mol. The van der Waals surface area contributed by atoms with Crippen molar-refractivity contribution < 1.29 is 14.0 Å². The summed E-state index contributed by atoms with van der Waals surface area (Å²) < 4.78 is 5.99. The van der Waals surface area contributed by atoms with Crippen LogP contribution in [0, 0.1) is 6.92 Å². The molecule has 2 aromatic heterocycles. The molecular weight excluding hydrogens is 416 g/mol. The summed E-state index contributed by atoms with van der Waals surface area (Å²) in [5.74, 6) is 0.715. The largest absolute Gasteiger partial charge is 0.440 e. The van der Waals surface area contributed by atoms with Crippen LogP contribution in [0.25, 0.3) is 11.5 Å². The summed E-state index contributed by atoms with van der Waals surface area (Å²) in [6.07, 6.45) is 5.10. The van der Waals surface area contributed by atoms with Gasteiger partial charge >= 0.3 is 0 Å². The first-order valence-corrected chi connectivity index (χ1v) is 10.8. The zero-order valence-electron chi connectivity index (χ0n) is 18.0. The molecule has 1 saturated carbocycles. The highest BCUT2D eigenvalue weighted by molar-refractivity contribution is 6.06. The highest BCUT2D eigenvalue weighted by Gasteiger charge is 2.34. The van der Waals surface area contributed by atoms with Gasteiger partial charge in [0.05, 0.1) is 0 Å². The molecule has 33 heavy (non-hydrogen) atoms. The van der Waals surface area contributed by atoms with Crippen molar-refractivity contribution >= 4 is 23.2 Å². The van der Waals surface area contributed by atoms with Crippen LogP contribution in [0.1, 0.15) is 50.9 Å². The van der Waals surface area contributed by atoms with Crippen molar-refractivity contribution in [2.75, 3.05) is 10.6 Å². The first kappa shape index (κ1) is 20.6. The van der Waals surface area contributed by atoms with E-state index in [4.69, 9.17) is 4.42 Å². The number of carbonyl (C=O) groups excluding carboxylic acids is 2. The third-order valence-corrected chi connectivity index (χ3v) is 5.52. The topological polar surface area (TPSA) is 97.1 Å². The van der Waals surface area contributed by atoms with Crippen molar-refractivity contribution in [1.29, 1.82) is 0 Å². The van der Waals surface area contributed by atoms with E-state index in [0.29, 0.717) is 34.3 Å². The van der Waals surface area contributed by atoms with Crippen molar-refractivity contribution in [3.8, 4) is 11.5 Å². The van der Waals surface area contributed by atoms with Gasteiger partial charge in [0, 0.05) is 40.8 Å². The maximum Gasteiger partial charge on any atom is 0.277 e. The standard InChI is InChI=1S/C26H22N4O3/c1-16-7-10-20(15-21(16)29-24(31)18-11-13-27-14-12-18)28-25(32)22-23(17-8-9-17)33-26(30-22)19-5-3-2-4-6-19/h2-7,10-15,17H,8-9H2,1H3,(H,28,32)(H,29,31). The monoisotopic (exact) mass is 438 g/mol. The van der Waals surface area contributed by atoms with Gasteiger partial charge in [-0.3, -0.25) is 14.6 Å². The highest BCUT2D eigenvalue weighted by Crippen LogP contribution is 2.43. The minimum atomic E-state index is -0.335. The quantitative estimate of drug-likeness (QED) is 0.419. The lowest BCUT2D eigenvalue weighted by atomic mass is 10.1. The van der Waals surface area contributed by atoms with Crippen LogP contribution in [-0.4, -0.2) is 21.8 Å². The van der Waals surface area contributed by atoms with Gasteiger partial charge in [-0.2, -0.15) is 0 Å². The lowest BCUT2D eigenvalue weighted by Gasteiger charge is -2.11. The summed E-state index contributed by atoms with van der Waals surface area (Å²) in [6.45, 7) is 1.89. The summed E-state index contributed by atoms with van der Waals surface area (Å²) in [5, 5.41) is 5.80. The number of hydrogen-bond donors (Lipinski definition) is 2. The smallest absolute Gasteiger partial charge is 0.277 e. The summed E-state index contributed by atoms with van der Waals surface area (Å²) in [5.41, 5.74) is 3.68. The Labute approximate surface area is 190 Å². The molecule has 5 rings (SSSR count). The van der Waals surface area contributed by atoms with Crippen LogP contribution >= 0.6 is 0 Å². The second-order valence-corrected chi connectivity index (χ2v) is 8.05. The fourth-order valence-corrected chi connectivity index (χ4v) is 3.54. The Morgan fingerprint density at radius 2 is 1.70 bits per heavy atom. The molecule has 0 unspecified atom stereocenters. The van der Waals surface area contributed by atoms with Crippen molar-refractivity contribution in [1.82, 2.24) is 9.97 Å². The number of amides is 2. The van der Waals surface area contributed by atoms with E-state index in [2.05, 4.69) is 20.6 Å². The number of carbonyl (C=O) groups is 2. The molecule has 1 aliphatic carbocycles. The summed E-state index contributed by atoms with van der Waals surface area (Å²) in [7, 11) is 0. The Morgan fingerprint density at radius 1 is 0.939 bits per heavy atom. The Hall–Kier alpha value is -4.26. The van der Waals surface area contributed by atoms with Crippen LogP contribution in [0.15, 0.2) is 77.5 Å². The number of benzene rings is 2. The number of rotatable bonds is 6. The maximum absolute atomic E-state index is 13.1. The van der Waals surface area contributed by atoms with E-state index < -0.39 is 0 Å². The molecule has 7 nitrogen and oxygen atoms in total. The van der Waals surface area contributed by atoms with Gasteiger partial charge in [0.15, 0.2) is 5.69 Å². The minimum Gasteiger partial charge on any atom is -0.440 e. The van der Waals surface area contributed by atoms with Crippen molar-refractivity contribution in [3.63, 3.8) is 0 Å². The van der Waals surface area contributed by atoms with Gasteiger partial charge in [0.2, 0.25) is 5.89 Å². The zero-order chi connectivity index (χ0) is 22.8. The van der Waals surface area contributed by atoms with Crippen LogP contribution in [-0.2, 0) is 0 Å². The van der Waals surface area contributed by atoms with Crippen LogP contribution in [0.4, 0.5) is 11.4 Å². The van der Waals surface area contributed by atoms with Crippen LogP contribution in [0.3, 0.4) is 0 Å². The van der Waals surface area contributed by atoms with Gasteiger partial charge in [0.1, 0.15) is 5.76 Å². The third kappa shape index (κ3) is 4.52. The number of hydrogen-bond acceptors (Lipinski definition) is 5. The molecule has 0 radical (unpaired) electrons. The predicted octanol–water partition coefficient (Wildman–Crippen LogP) is 5.43. The summed E-state index contributed by atoms with van der Waals surface area (Å²) >= 11 is 0. The molecule has 4 aromatic rings. The van der Waals surface area contributed by atoms with Gasteiger partial charge in [-0.05, 0) is 61.7 Å². The SMILES string of the molecule is Cc1ccc(NC(=O)c2nc(-c3ccccc3)oc2C2CC2)cc1NC(=O)c1ccncc1. The van der Waals surface area contributed by atoms with Crippen molar-refractivity contribution in [3.05, 3.63) is 95.6 Å². The Bertz CT molecular complexity index is 1310. The summed E-state index contributed by atoms with van der Waals surface area (Å²) in [4.78, 5) is 34.1. The normalized spacial score (nSPS) is 12.9. The molecule has 164 valence electrons. The molecule has 2 heterocycles. The van der Waals surface area contributed by atoms with E-state index in [-0.39, 0.29) is 17.7 Å². The third-order valence-electron chi connectivity index (χ3n) is 5.52. The van der Waals surface area contributed by atoms with Gasteiger partial charge in [0.25, 0.3) is 11.8 Å². The van der Waals surface area contributed by atoms with Gasteiger partial charge in [-0.1, -0.05) is 24.3 Å². The number of aromatic nitrogens is 2. The van der Waals surface area contributed by atoms with Gasteiger partial charge < -0.3 is 15.1 Å². The predicted molar refractivity (Wildman–Crippen MR) is 125 cm³/mol. The second-order valence-electron chi connectivity index (χ2n) is 8.05. The number of oxazole rings is 1. The zero-order valence-corrected chi connectivity index (χ0v) is 18.0. The number of pyridine rings is 1. The minimum absolute atomic E-state index is 0.226. The fraction of sp³-hybridized carbons (Fsp3) is 0.154. The summed E-state index contributed by atoms with van der Waals surface area (Å²) in [6, 6.07) is 18.2. The lowest BCUT2D eigenvalue weighted by molar-refractivity contribution is 0.101. The van der Waals surface area contributed by atoms with E-state index in [1.54, 1.807) is 36.7 Å². The molecule has 0 bridgehead atoms. The van der Waals surface area contributed by atoms with Gasteiger partial charge in [-0.25, -0.2) is 4.98 Å². The van der Waals surface area contributed by atoms with Crippen molar-refractivity contribution in [2.45, 2.75) is 25.7 Å². The molecule has 1 fully saturated rings. The Balaban J connectivity index is 1.38. The maximum atomic E-state index is 13.1. The number of nitrogens with zero attached hydrogens (tertiary/aromatic N) is 2. The molecule has 2 amide bonds. The van der Waals surface area contributed by atoms with E-state index in [1.165, 1.54) is 0 Å². The molecule has 7 heteroatoms. The number of anilines is 2. The molecule has 0 atom stereocenters. The van der Waals surface area contributed by atoms with Crippen molar-refractivity contribution in [2.24, 2.45) is 0 Å². The van der Waals surface area contributed by atoms with E-state index in [1.807, 2.05) is 43.3 Å². The van der Waals surface area contributed by atoms with Gasteiger partial charge in [-0.15, -0.1) is 0 Å². The van der Waals surface area contributed by atoms with E-state index in [9.17, 15) is 9.59 Å². The molecule has 2 N–H and O–H groups in total. The first-order chi connectivity index (χ1) is 16.1. The molecule has 0 saturated heterocycles. The molecular formula is C26H22N4O3. The Morgan fingerprint density at radius 3 is 2.42 bits per heavy atom. The van der Waals surface area contributed by atoms with Crippen LogP contribution in [0.2, 0.25) is 0 Å². The van der Waals surface area contributed by atoms with E-state index >= 15 is 0 Å². The second kappa shape index (κ2) is 8.70. The number of aryl methyl sites for hydroxylation is 1. The highest BCUT2D eigenvalue weighted by atomic mass is 16.4. The fourth-order valence-electron chi connectivity index (χ4n) is 3.54. The average Bonchev–Trinajstić information content (AvgIpc) is 3.60. The Kier molecular flexibility index (Phi) is 5.44. The van der Waals surface area contributed by atoms with E-state index in [0.717, 1.165) is 24.0 Å². The lowest BCUT2D eigenvalue weighted by Crippen LogP contribution is -2.16. The van der Waals surface area contributed by atoms with Crippen LogP contribution < -0.4 is 10.6 Å². The molecule has 1 aliphatic rings. The number of nitrogens with one attached hydrogen (secondary N) is 2. The first-order valence-electron chi connectivity index (χ1n) is 10.8. The molecule has 0 spiro atoms. The molecule has 2 aromatic carbocycles.